The Kier molecular flexibility index (Phi) is 4.61. The van der Waals surface area contributed by atoms with Gasteiger partial charge in [0.25, 0.3) is 0 Å². The second kappa shape index (κ2) is 6.20. The molecule has 0 aromatic heterocycles. The van der Waals surface area contributed by atoms with Gasteiger partial charge in [0.2, 0.25) is 0 Å². The lowest BCUT2D eigenvalue weighted by molar-refractivity contribution is 0.260. The molecule has 1 aliphatic carbocycles. The van der Waals surface area contributed by atoms with Crippen LogP contribution in [0.4, 0.5) is 0 Å². The van der Waals surface area contributed by atoms with Crippen LogP contribution in [0, 0.1) is 5.92 Å². The lowest BCUT2D eigenvalue weighted by Gasteiger charge is -2.34. The summed E-state index contributed by atoms with van der Waals surface area (Å²) in [6.07, 6.45) is 7.72. The summed E-state index contributed by atoms with van der Waals surface area (Å²) in [5.74, 6) is 1.49. The van der Waals surface area contributed by atoms with Gasteiger partial charge in [0.1, 0.15) is 0 Å². The zero-order valence-corrected chi connectivity index (χ0v) is 10.9. The van der Waals surface area contributed by atoms with Crippen LogP contribution in [0.15, 0.2) is 30.3 Å². The van der Waals surface area contributed by atoms with Crippen molar-refractivity contribution in [1.82, 2.24) is 0 Å². The van der Waals surface area contributed by atoms with Crippen LogP contribution < -0.4 is 5.73 Å². The molecule has 0 heterocycles. The predicted octanol–water partition coefficient (Wildman–Crippen LogP) is 4.09. The van der Waals surface area contributed by atoms with Gasteiger partial charge in [-0.1, -0.05) is 50.1 Å². The number of rotatable bonds is 4. The molecule has 0 spiro atoms. The lowest BCUT2D eigenvalue weighted by Crippen LogP contribution is -2.35. The topological polar surface area (TPSA) is 26.0 Å². The van der Waals surface area contributed by atoms with Crippen molar-refractivity contribution in [1.29, 1.82) is 0 Å². The zero-order valence-electron chi connectivity index (χ0n) is 10.9. The third-order valence-corrected chi connectivity index (χ3v) is 4.24. The molecule has 17 heavy (non-hydrogen) atoms. The van der Waals surface area contributed by atoms with E-state index in [1.165, 1.54) is 44.1 Å². The van der Waals surface area contributed by atoms with Crippen LogP contribution >= 0.6 is 0 Å². The van der Waals surface area contributed by atoms with Gasteiger partial charge in [-0.05, 0) is 43.1 Å². The minimum absolute atomic E-state index is 0.446. The summed E-state index contributed by atoms with van der Waals surface area (Å²) in [6, 6.07) is 11.4. The molecule has 0 saturated heterocycles. The number of unbranched alkanes of at least 4 members (excludes halogenated alkanes) is 1. The van der Waals surface area contributed by atoms with E-state index in [1.807, 2.05) is 0 Å². The highest BCUT2D eigenvalue weighted by molar-refractivity contribution is 5.20. The Morgan fingerprint density at radius 2 is 1.94 bits per heavy atom. The van der Waals surface area contributed by atoms with Crippen LogP contribution in [-0.2, 0) is 0 Å². The van der Waals surface area contributed by atoms with Crippen molar-refractivity contribution in [2.75, 3.05) is 0 Å². The number of nitrogens with two attached hydrogens (primary N) is 1. The Hall–Kier alpha value is -0.820. The van der Waals surface area contributed by atoms with Crippen molar-refractivity contribution in [2.45, 2.75) is 57.4 Å². The van der Waals surface area contributed by atoms with Gasteiger partial charge in [-0.25, -0.2) is 0 Å². The van der Waals surface area contributed by atoms with Crippen LogP contribution in [0.5, 0.6) is 0 Å². The molecular weight excluding hydrogens is 206 g/mol. The van der Waals surface area contributed by atoms with Crippen molar-refractivity contribution in [3.8, 4) is 0 Å². The maximum absolute atomic E-state index is 6.26. The molecule has 0 radical (unpaired) electrons. The van der Waals surface area contributed by atoms with E-state index in [2.05, 4.69) is 37.3 Å². The third-order valence-electron chi connectivity index (χ3n) is 4.24. The highest BCUT2D eigenvalue weighted by Crippen LogP contribution is 2.37. The fourth-order valence-corrected chi connectivity index (χ4v) is 3.11. The molecule has 0 aliphatic heterocycles. The van der Waals surface area contributed by atoms with Gasteiger partial charge in [0.05, 0.1) is 0 Å². The minimum atomic E-state index is 0.446. The van der Waals surface area contributed by atoms with Crippen molar-refractivity contribution in [3.05, 3.63) is 35.9 Å². The van der Waals surface area contributed by atoms with Gasteiger partial charge in [-0.15, -0.1) is 0 Å². The Balaban J connectivity index is 1.97. The first-order valence-electron chi connectivity index (χ1n) is 7.11. The predicted molar refractivity (Wildman–Crippen MR) is 74.0 cm³/mol. The highest BCUT2D eigenvalue weighted by atomic mass is 14.7. The molecule has 0 bridgehead atoms. The number of hydrogen-bond donors (Lipinski definition) is 1. The standard InChI is InChI=1S/C16H25N/c1-2-3-7-15-12-14(10-11-16(15)17)13-8-5-4-6-9-13/h4-6,8-9,14-16H,2-3,7,10-12,17H2,1H3. The van der Waals surface area contributed by atoms with Gasteiger partial charge in [0.15, 0.2) is 0 Å². The second-order valence-corrected chi connectivity index (χ2v) is 5.49. The fraction of sp³-hybridized carbons (Fsp3) is 0.625. The molecular formula is C16H25N. The van der Waals surface area contributed by atoms with E-state index in [-0.39, 0.29) is 0 Å². The second-order valence-electron chi connectivity index (χ2n) is 5.49. The fourth-order valence-electron chi connectivity index (χ4n) is 3.11. The van der Waals surface area contributed by atoms with Gasteiger partial charge in [0, 0.05) is 6.04 Å². The van der Waals surface area contributed by atoms with Crippen LogP contribution in [0.1, 0.15) is 56.9 Å². The van der Waals surface area contributed by atoms with Crippen LogP contribution in [0.2, 0.25) is 0 Å². The van der Waals surface area contributed by atoms with E-state index in [4.69, 9.17) is 5.73 Å². The maximum atomic E-state index is 6.26. The lowest BCUT2D eigenvalue weighted by atomic mass is 9.74. The first-order valence-corrected chi connectivity index (χ1v) is 7.11. The average molecular weight is 231 g/mol. The first kappa shape index (κ1) is 12.6. The zero-order chi connectivity index (χ0) is 12.1. The van der Waals surface area contributed by atoms with E-state index in [0.29, 0.717) is 6.04 Å². The summed E-state index contributed by atoms with van der Waals surface area (Å²) in [4.78, 5) is 0. The van der Waals surface area contributed by atoms with E-state index < -0.39 is 0 Å². The largest absolute Gasteiger partial charge is 0.327 e. The van der Waals surface area contributed by atoms with Gasteiger partial charge >= 0.3 is 0 Å². The molecule has 1 nitrogen and oxygen atoms in total. The quantitative estimate of drug-likeness (QED) is 0.830. The Morgan fingerprint density at radius 3 is 2.65 bits per heavy atom. The summed E-state index contributed by atoms with van der Waals surface area (Å²) in [5.41, 5.74) is 7.77. The van der Waals surface area contributed by atoms with Crippen LogP contribution in [0.3, 0.4) is 0 Å². The van der Waals surface area contributed by atoms with E-state index in [9.17, 15) is 0 Å². The normalized spacial score (nSPS) is 29.2. The Morgan fingerprint density at radius 1 is 1.18 bits per heavy atom. The molecule has 1 fully saturated rings. The van der Waals surface area contributed by atoms with E-state index in [1.54, 1.807) is 0 Å². The minimum Gasteiger partial charge on any atom is -0.327 e. The monoisotopic (exact) mass is 231 g/mol. The van der Waals surface area contributed by atoms with E-state index >= 15 is 0 Å². The molecule has 1 saturated carbocycles. The van der Waals surface area contributed by atoms with Crippen LogP contribution in [0.25, 0.3) is 0 Å². The smallest absolute Gasteiger partial charge is 0.00675 e. The molecule has 1 heteroatoms. The Bertz CT molecular complexity index is 320. The number of benzene rings is 1. The van der Waals surface area contributed by atoms with Crippen molar-refractivity contribution in [2.24, 2.45) is 11.7 Å². The summed E-state index contributed by atoms with van der Waals surface area (Å²) < 4.78 is 0. The number of hydrogen-bond acceptors (Lipinski definition) is 1. The summed E-state index contributed by atoms with van der Waals surface area (Å²) in [6.45, 7) is 2.27. The molecule has 1 aliphatic rings. The molecule has 0 amide bonds. The van der Waals surface area contributed by atoms with E-state index in [0.717, 1.165) is 11.8 Å². The Labute approximate surface area is 105 Å². The van der Waals surface area contributed by atoms with Gasteiger partial charge in [-0.2, -0.15) is 0 Å². The SMILES string of the molecule is CCCCC1CC(c2ccccc2)CCC1N. The average Bonchev–Trinajstić information content (AvgIpc) is 2.39. The maximum Gasteiger partial charge on any atom is 0.00675 e. The summed E-state index contributed by atoms with van der Waals surface area (Å²) in [5, 5.41) is 0. The molecule has 1 aromatic rings. The summed E-state index contributed by atoms with van der Waals surface area (Å²) in [7, 11) is 0. The first-order chi connectivity index (χ1) is 8.31. The van der Waals surface area contributed by atoms with Crippen LogP contribution in [-0.4, -0.2) is 6.04 Å². The van der Waals surface area contributed by atoms with Gasteiger partial charge < -0.3 is 5.73 Å². The van der Waals surface area contributed by atoms with Crippen molar-refractivity contribution in [3.63, 3.8) is 0 Å². The molecule has 1 aromatic carbocycles. The van der Waals surface area contributed by atoms with Crippen molar-refractivity contribution >= 4 is 0 Å². The van der Waals surface area contributed by atoms with Gasteiger partial charge in [-0.3, -0.25) is 0 Å². The summed E-state index contributed by atoms with van der Waals surface area (Å²) >= 11 is 0. The molecule has 3 unspecified atom stereocenters. The molecule has 94 valence electrons. The molecule has 3 atom stereocenters. The molecule has 2 N–H and O–H groups in total. The van der Waals surface area contributed by atoms with Crippen molar-refractivity contribution < 1.29 is 0 Å². The molecule has 2 rings (SSSR count). The highest BCUT2D eigenvalue weighted by Gasteiger charge is 2.28. The third kappa shape index (κ3) is 3.32.